The van der Waals surface area contributed by atoms with Gasteiger partial charge in [-0.2, -0.15) is 0 Å². The first-order valence-electron chi connectivity index (χ1n) is 6.79. The van der Waals surface area contributed by atoms with Crippen molar-refractivity contribution in [1.29, 1.82) is 0 Å². The van der Waals surface area contributed by atoms with Crippen molar-refractivity contribution in [3.8, 4) is 5.75 Å². The maximum absolute atomic E-state index is 11.2. The zero-order chi connectivity index (χ0) is 15.2. The first-order chi connectivity index (χ1) is 10.1. The SMILES string of the molecule is CC(C)COCCOc1c(C(=O)O)nnc2ccccc12. The van der Waals surface area contributed by atoms with Crippen LogP contribution in [0.15, 0.2) is 24.3 Å². The van der Waals surface area contributed by atoms with Gasteiger partial charge >= 0.3 is 5.97 Å². The minimum Gasteiger partial charge on any atom is -0.488 e. The maximum Gasteiger partial charge on any atom is 0.360 e. The van der Waals surface area contributed by atoms with E-state index in [1.54, 1.807) is 18.2 Å². The van der Waals surface area contributed by atoms with E-state index in [4.69, 9.17) is 9.47 Å². The molecule has 0 bridgehead atoms. The van der Waals surface area contributed by atoms with E-state index in [0.29, 0.717) is 30.0 Å². The molecule has 0 fully saturated rings. The Bertz CT molecular complexity index is 628. The number of benzene rings is 1. The summed E-state index contributed by atoms with van der Waals surface area (Å²) in [6.07, 6.45) is 0. The first-order valence-corrected chi connectivity index (χ1v) is 6.79. The van der Waals surface area contributed by atoms with Crippen molar-refractivity contribution < 1.29 is 19.4 Å². The van der Waals surface area contributed by atoms with Crippen LogP contribution in [0.2, 0.25) is 0 Å². The second-order valence-corrected chi connectivity index (χ2v) is 5.02. The molecule has 0 unspecified atom stereocenters. The van der Waals surface area contributed by atoms with Crippen LogP contribution in [0.4, 0.5) is 0 Å². The van der Waals surface area contributed by atoms with Crippen molar-refractivity contribution in [1.82, 2.24) is 10.2 Å². The van der Waals surface area contributed by atoms with Gasteiger partial charge in [0.05, 0.1) is 12.1 Å². The summed E-state index contributed by atoms with van der Waals surface area (Å²) >= 11 is 0. The third-order valence-corrected chi connectivity index (χ3v) is 2.75. The van der Waals surface area contributed by atoms with E-state index in [1.165, 1.54) is 0 Å². The molecular formula is C15H18N2O4. The molecule has 0 saturated heterocycles. The van der Waals surface area contributed by atoms with E-state index in [-0.39, 0.29) is 18.1 Å². The van der Waals surface area contributed by atoms with Gasteiger partial charge in [-0.05, 0) is 18.1 Å². The van der Waals surface area contributed by atoms with Crippen LogP contribution in [0.5, 0.6) is 5.75 Å². The molecule has 0 atom stereocenters. The van der Waals surface area contributed by atoms with E-state index in [1.807, 2.05) is 6.07 Å². The van der Waals surface area contributed by atoms with Crippen molar-refractivity contribution >= 4 is 16.9 Å². The van der Waals surface area contributed by atoms with Gasteiger partial charge < -0.3 is 14.6 Å². The third-order valence-electron chi connectivity index (χ3n) is 2.75. The van der Waals surface area contributed by atoms with E-state index in [2.05, 4.69) is 24.0 Å². The summed E-state index contributed by atoms with van der Waals surface area (Å²) in [5, 5.41) is 17.4. The monoisotopic (exact) mass is 290 g/mol. The summed E-state index contributed by atoms with van der Waals surface area (Å²) in [4.78, 5) is 11.2. The summed E-state index contributed by atoms with van der Waals surface area (Å²) in [6, 6.07) is 7.14. The number of ether oxygens (including phenoxy) is 2. The van der Waals surface area contributed by atoms with Gasteiger partial charge in [-0.1, -0.05) is 26.0 Å². The van der Waals surface area contributed by atoms with Crippen LogP contribution >= 0.6 is 0 Å². The maximum atomic E-state index is 11.2. The molecule has 2 aromatic rings. The highest BCUT2D eigenvalue weighted by atomic mass is 16.5. The predicted molar refractivity (Wildman–Crippen MR) is 77.6 cm³/mol. The van der Waals surface area contributed by atoms with Crippen LogP contribution < -0.4 is 4.74 Å². The number of fused-ring (bicyclic) bond motifs is 1. The number of carboxylic acid groups (broad SMARTS) is 1. The van der Waals surface area contributed by atoms with Gasteiger partial charge in [0, 0.05) is 12.0 Å². The molecule has 0 aliphatic heterocycles. The Morgan fingerprint density at radius 1 is 1.24 bits per heavy atom. The predicted octanol–water partition coefficient (Wildman–Crippen LogP) is 2.38. The summed E-state index contributed by atoms with van der Waals surface area (Å²) in [7, 11) is 0. The van der Waals surface area contributed by atoms with Crippen molar-refractivity contribution in [3.63, 3.8) is 0 Å². The number of nitrogens with zero attached hydrogens (tertiary/aromatic N) is 2. The van der Waals surface area contributed by atoms with Crippen LogP contribution in [0.25, 0.3) is 10.9 Å². The van der Waals surface area contributed by atoms with Crippen LogP contribution in [-0.4, -0.2) is 41.1 Å². The zero-order valence-electron chi connectivity index (χ0n) is 12.1. The van der Waals surface area contributed by atoms with Crippen LogP contribution in [0.1, 0.15) is 24.3 Å². The van der Waals surface area contributed by atoms with Crippen LogP contribution in [-0.2, 0) is 4.74 Å². The van der Waals surface area contributed by atoms with E-state index in [9.17, 15) is 9.90 Å². The number of rotatable bonds is 7. The lowest BCUT2D eigenvalue weighted by molar-refractivity contribution is 0.0670. The minimum absolute atomic E-state index is 0.183. The second kappa shape index (κ2) is 6.99. The summed E-state index contributed by atoms with van der Waals surface area (Å²) in [5.41, 5.74) is 0.415. The molecule has 1 heterocycles. The number of carbonyl (C=O) groups is 1. The molecule has 1 aromatic heterocycles. The normalized spacial score (nSPS) is 11.0. The van der Waals surface area contributed by atoms with E-state index < -0.39 is 5.97 Å². The summed E-state index contributed by atoms with van der Waals surface area (Å²) in [5.74, 6) is -0.476. The second-order valence-electron chi connectivity index (χ2n) is 5.02. The Hall–Kier alpha value is -2.21. The summed E-state index contributed by atoms with van der Waals surface area (Å²) in [6.45, 7) is 5.43. The van der Waals surface area contributed by atoms with Gasteiger partial charge in [0.15, 0.2) is 5.75 Å². The number of hydrogen-bond donors (Lipinski definition) is 1. The van der Waals surface area contributed by atoms with Gasteiger partial charge in [-0.15, -0.1) is 10.2 Å². The highest BCUT2D eigenvalue weighted by Gasteiger charge is 2.17. The van der Waals surface area contributed by atoms with Gasteiger partial charge in [-0.3, -0.25) is 0 Å². The smallest absolute Gasteiger partial charge is 0.360 e. The Labute approximate surface area is 122 Å². The topological polar surface area (TPSA) is 81.5 Å². The standard InChI is InChI=1S/C15H18N2O4/c1-10(2)9-20-7-8-21-14-11-5-3-4-6-12(11)16-17-13(14)15(18)19/h3-6,10H,7-9H2,1-2H3,(H,18,19). The third kappa shape index (κ3) is 3.88. The molecule has 21 heavy (non-hydrogen) atoms. The quantitative estimate of drug-likeness (QED) is 0.788. The molecule has 2 rings (SSSR count). The first kappa shape index (κ1) is 15.2. The molecule has 1 aromatic carbocycles. The number of aromatic carboxylic acids is 1. The van der Waals surface area contributed by atoms with Crippen LogP contribution in [0, 0.1) is 5.92 Å². The van der Waals surface area contributed by atoms with Crippen molar-refractivity contribution in [2.24, 2.45) is 5.92 Å². The Morgan fingerprint density at radius 2 is 2.00 bits per heavy atom. The molecule has 6 heteroatoms. The average Bonchev–Trinajstić information content (AvgIpc) is 2.46. The molecule has 1 N–H and O–H groups in total. The highest BCUT2D eigenvalue weighted by molar-refractivity contribution is 5.96. The molecule has 0 spiro atoms. The average molecular weight is 290 g/mol. The number of carboxylic acids is 1. The van der Waals surface area contributed by atoms with E-state index >= 15 is 0 Å². The van der Waals surface area contributed by atoms with Gasteiger partial charge in [0.2, 0.25) is 5.69 Å². The fourth-order valence-corrected chi connectivity index (χ4v) is 1.84. The lowest BCUT2D eigenvalue weighted by atomic mass is 10.2. The molecule has 0 aliphatic rings. The molecule has 0 saturated carbocycles. The summed E-state index contributed by atoms with van der Waals surface area (Å²) < 4.78 is 11.0. The molecule has 0 amide bonds. The van der Waals surface area contributed by atoms with Gasteiger partial charge in [0.25, 0.3) is 0 Å². The van der Waals surface area contributed by atoms with Gasteiger partial charge in [-0.25, -0.2) is 4.79 Å². The van der Waals surface area contributed by atoms with Crippen LogP contribution in [0.3, 0.4) is 0 Å². The lowest BCUT2D eigenvalue weighted by Crippen LogP contribution is -2.13. The molecule has 0 aliphatic carbocycles. The molecule has 112 valence electrons. The number of aromatic nitrogens is 2. The Balaban J connectivity index is 2.16. The fraction of sp³-hybridized carbons (Fsp3) is 0.400. The zero-order valence-corrected chi connectivity index (χ0v) is 12.1. The highest BCUT2D eigenvalue weighted by Crippen LogP contribution is 2.26. The van der Waals surface area contributed by atoms with Crippen molar-refractivity contribution in [3.05, 3.63) is 30.0 Å². The molecule has 0 radical (unpaired) electrons. The lowest BCUT2D eigenvalue weighted by Gasteiger charge is -2.11. The van der Waals surface area contributed by atoms with Gasteiger partial charge in [0.1, 0.15) is 6.61 Å². The van der Waals surface area contributed by atoms with E-state index in [0.717, 1.165) is 0 Å². The molecule has 6 nitrogen and oxygen atoms in total. The Kier molecular flexibility index (Phi) is 5.05. The minimum atomic E-state index is -1.16. The Morgan fingerprint density at radius 3 is 2.71 bits per heavy atom. The van der Waals surface area contributed by atoms with Crippen molar-refractivity contribution in [2.75, 3.05) is 19.8 Å². The fourth-order valence-electron chi connectivity index (χ4n) is 1.84. The van der Waals surface area contributed by atoms with Crippen molar-refractivity contribution in [2.45, 2.75) is 13.8 Å². The largest absolute Gasteiger partial charge is 0.488 e. The number of hydrogen-bond acceptors (Lipinski definition) is 5. The molecular weight excluding hydrogens is 272 g/mol.